The van der Waals surface area contributed by atoms with E-state index in [1.54, 1.807) is 36.1 Å². The van der Waals surface area contributed by atoms with Gasteiger partial charge in [0.05, 0.1) is 16.9 Å². The summed E-state index contributed by atoms with van der Waals surface area (Å²) in [5, 5.41) is 8.43. The Morgan fingerprint density at radius 2 is 1.89 bits per heavy atom. The van der Waals surface area contributed by atoms with Crippen LogP contribution in [0, 0.1) is 0 Å². The highest BCUT2D eigenvalue weighted by atomic mass is 32.2. The van der Waals surface area contributed by atoms with E-state index in [0.717, 1.165) is 4.68 Å². The smallest absolute Gasteiger partial charge is 0.278 e. The van der Waals surface area contributed by atoms with Crippen LogP contribution in [0.25, 0.3) is 10.9 Å². The van der Waals surface area contributed by atoms with Crippen LogP contribution in [0.15, 0.2) is 29.1 Å². The summed E-state index contributed by atoms with van der Waals surface area (Å²) in [6.45, 7) is 3.95. The van der Waals surface area contributed by atoms with Crippen LogP contribution >= 0.6 is 0 Å². The molecular weight excluding hydrogens is 382 g/mol. The monoisotopic (exact) mass is 405 g/mol. The number of piperazine rings is 1. The highest BCUT2D eigenvalue weighted by Gasteiger charge is 2.35. The number of sulfone groups is 1. The molecule has 1 aromatic heterocycles. The van der Waals surface area contributed by atoms with Crippen LogP contribution in [-0.4, -0.2) is 82.8 Å². The molecule has 0 N–H and O–H groups in total. The summed E-state index contributed by atoms with van der Waals surface area (Å²) in [5.74, 6) is 0.280. The van der Waals surface area contributed by atoms with Gasteiger partial charge >= 0.3 is 0 Å². The first-order valence-electron chi connectivity index (χ1n) is 9.43. The Labute approximate surface area is 162 Å². The molecule has 10 heteroatoms. The second-order valence-corrected chi connectivity index (χ2v) is 9.68. The molecule has 1 amide bonds. The van der Waals surface area contributed by atoms with Gasteiger partial charge in [-0.25, -0.2) is 8.42 Å². The molecule has 2 fully saturated rings. The fraction of sp³-hybridized carbons (Fsp3) is 0.556. The minimum absolute atomic E-state index is 0.0497. The summed E-state index contributed by atoms with van der Waals surface area (Å²) < 4.78 is 24.5. The maximum absolute atomic E-state index is 12.9. The lowest BCUT2D eigenvalue weighted by Gasteiger charge is -2.38. The van der Waals surface area contributed by atoms with Gasteiger partial charge in [0.1, 0.15) is 11.6 Å². The number of amides is 1. The molecule has 0 radical (unpaired) electrons. The van der Waals surface area contributed by atoms with Gasteiger partial charge in [0.15, 0.2) is 9.84 Å². The van der Waals surface area contributed by atoms with Crippen molar-refractivity contribution in [1.82, 2.24) is 24.8 Å². The number of nitrogens with zero attached hydrogens (tertiary/aromatic N) is 5. The van der Waals surface area contributed by atoms with Gasteiger partial charge in [0, 0.05) is 32.2 Å². The lowest BCUT2D eigenvalue weighted by molar-refractivity contribution is -0.136. The van der Waals surface area contributed by atoms with E-state index in [0.29, 0.717) is 43.5 Å². The van der Waals surface area contributed by atoms with Crippen molar-refractivity contribution in [3.63, 3.8) is 0 Å². The summed E-state index contributed by atoms with van der Waals surface area (Å²) in [5.41, 5.74) is 0.171. The van der Waals surface area contributed by atoms with E-state index in [-0.39, 0.29) is 29.0 Å². The zero-order chi connectivity index (χ0) is 19.9. The topological polar surface area (TPSA) is 105 Å². The van der Waals surface area contributed by atoms with Gasteiger partial charge in [-0.2, -0.15) is 4.68 Å². The predicted molar refractivity (Wildman–Crippen MR) is 104 cm³/mol. The molecule has 1 aromatic carbocycles. The number of hydrogen-bond donors (Lipinski definition) is 0. The molecule has 0 saturated carbocycles. The van der Waals surface area contributed by atoms with Crippen molar-refractivity contribution >= 4 is 26.6 Å². The maximum atomic E-state index is 12.9. The molecule has 2 aliphatic heterocycles. The second kappa shape index (κ2) is 7.25. The molecule has 2 atom stereocenters. The fourth-order valence-electron chi connectivity index (χ4n) is 4.00. The Morgan fingerprint density at radius 1 is 1.18 bits per heavy atom. The summed E-state index contributed by atoms with van der Waals surface area (Å²) in [6, 6.07) is 6.23. The lowest BCUT2D eigenvalue weighted by Crippen LogP contribution is -2.53. The van der Waals surface area contributed by atoms with Crippen LogP contribution in [0.3, 0.4) is 0 Å². The Balaban J connectivity index is 1.44. The molecule has 0 aliphatic carbocycles. The maximum Gasteiger partial charge on any atom is 0.278 e. The molecule has 0 spiro atoms. The van der Waals surface area contributed by atoms with Gasteiger partial charge < -0.3 is 4.90 Å². The van der Waals surface area contributed by atoms with Crippen molar-refractivity contribution in [2.45, 2.75) is 25.4 Å². The Kier molecular flexibility index (Phi) is 4.92. The van der Waals surface area contributed by atoms with E-state index in [4.69, 9.17) is 0 Å². The summed E-state index contributed by atoms with van der Waals surface area (Å²) in [4.78, 5) is 29.4. The first-order chi connectivity index (χ1) is 13.4. The number of rotatable bonds is 3. The van der Waals surface area contributed by atoms with E-state index >= 15 is 0 Å². The molecular formula is C18H23N5O4S. The normalized spacial score (nSPS) is 23.8. The molecule has 0 bridgehead atoms. The molecule has 2 aromatic rings. The van der Waals surface area contributed by atoms with E-state index in [1.165, 1.54) is 0 Å². The van der Waals surface area contributed by atoms with Gasteiger partial charge in [0.25, 0.3) is 5.56 Å². The molecule has 2 aliphatic rings. The van der Waals surface area contributed by atoms with E-state index in [2.05, 4.69) is 15.2 Å². The quantitative estimate of drug-likeness (QED) is 0.689. The van der Waals surface area contributed by atoms with Crippen LogP contribution in [0.4, 0.5) is 0 Å². The van der Waals surface area contributed by atoms with E-state index in [1.807, 2.05) is 0 Å². The highest BCUT2D eigenvalue weighted by molar-refractivity contribution is 7.91. The molecule has 28 heavy (non-hydrogen) atoms. The second-order valence-electron chi connectivity index (χ2n) is 7.45. The summed E-state index contributed by atoms with van der Waals surface area (Å²) >= 11 is 0. The molecule has 0 unspecified atom stereocenters. The van der Waals surface area contributed by atoms with Crippen molar-refractivity contribution in [2.75, 3.05) is 37.7 Å². The van der Waals surface area contributed by atoms with Gasteiger partial charge in [-0.15, -0.1) is 5.10 Å². The van der Waals surface area contributed by atoms with Crippen molar-refractivity contribution in [3.05, 3.63) is 34.6 Å². The van der Waals surface area contributed by atoms with E-state index in [9.17, 15) is 18.0 Å². The number of benzene rings is 1. The summed E-state index contributed by atoms with van der Waals surface area (Å²) in [6.07, 6.45) is 0.661. The lowest BCUT2D eigenvalue weighted by atomic mass is 10.1. The molecule has 9 nitrogen and oxygen atoms in total. The van der Waals surface area contributed by atoms with Gasteiger partial charge in [-0.1, -0.05) is 17.3 Å². The zero-order valence-corrected chi connectivity index (χ0v) is 16.5. The third-order valence-electron chi connectivity index (χ3n) is 5.67. The third-order valence-corrected chi connectivity index (χ3v) is 7.42. The number of aromatic nitrogens is 3. The first-order valence-corrected chi connectivity index (χ1v) is 11.3. The molecule has 2 saturated heterocycles. The average Bonchev–Trinajstić information content (AvgIpc) is 3.07. The first kappa shape index (κ1) is 19.0. The van der Waals surface area contributed by atoms with Crippen LogP contribution in [0.2, 0.25) is 0 Å². The minimum atomic E-state index is -2.92. The highest BCUT2D eigenvalue weighted by Crippen LogP contribution is 2.20. The zero-order valence-electron chi connectivity index (χ0n) is 15.7. The van der Waals surface area contributed by atoms with Gasteiger partial charge in [0.2, 0.25) is 5.91 Å². The van der Waals surface area contributed by atoms with E-state index < -0.39 is 15.9 Å². The Bertz CT molecular complexity index is 1060. The number of fused-ring (bicyclic) bond motifs is 1. The average molecular weight is 405 g/mol. The number of carbonyl (C=O) groups is 1. The molecule has 3 heterocycles. The van der Waals surface area contributed by atoms with Gasteiger partial charge in [-0.3, -0.25) is 14.5 Å². The largest absolute Gasteiger partial charge is 0.338 e. The van der Waals surface area contributed by atoms with Crippen molar-refractivity contribution < 1.29 is 13.2 Å². The molecule has 4 rings (SSSR count). The number of carbonyl (C=O) groups excluding carboxylic acids is 1. The predicted octanol–water partition coefficient (Wildman–Crippen LogP) is -0.316. The number of hydrogen-bond acceptors (Lipinski definition) is 7. The summed E-state index contributed by atoms with van der Waals surface area (Å²) in [7, 11) is -2.92. The Hall–Kier alpha value is -2.33. The third kappa shape index (κ3) is 3.53. The SMILES string of the molecule is C[C@H](C(=O)N1CCN([C@H]2CCS(=O)(=O)C2)CC1)n1nnc2ccccc2c1=O. The van der Waals surface area contributed by atoms with Crippen LogP contribution < -0.4 is 5.56 Å². The van der Waals surface area contributed by atoms with Crippen LogP contribution in [0.5, 0.6) is 0 Å². The van der Waals surface area contributed by atoms with Crippen molar-refractivity contribution in [1.29, 1.82) is 0 Å². The Morgan fingerprint density at radius 3 is 2.57 bits per heavy atom. The van der Waals surface area contributed by atoms with Gasteiger partial charge in [-0.05, 0) is 25.5 Å². The van der Waals surface area contributed by atoms with Crippen molar-refractivity contribution in [2.24, 2.45) is 0 Å². The fourth-order valence-corrected chi connectivity index (χ4v) is 5.76. The minimum Gasteiger partial charge on any atom is -0.338 e. The van der Waals surface area contributed by atoms with Crippen molar-refractivity contribution in [3.8, 4) is 0 Å². The molecule has 150 valence electrons. The standard InChI is InChI=1S/C18H23N5O4S/c1-13(23-18(25)15-4-2-3-5-16(15)19-20-23)17(24)22-9-7-21(8-10-22)14-6-11-28(26,27)12-14/h2-5,13-14H,6-12H2,1H3/t13-,14+/m1/s1. The van der Waals surface area contributed by atoms with Crippen LogP contribution in [0.1, 0.15) is 19.4 Å². The van der Waals surface area contributed by atoms with Crippen LogP contribution in [-0.2, 0) is 14.6 Å².